The minimum Gasteiger partial charge on any atom is -0.352 e. The third-order valence-corrected chi connectivity index (χ3v) is 4.05. The third kappa shape index (κ3) is 3.70. The Bertz CT molecular complexity index is 265. The Kier molecular flexibility index (Phi) is 4.99. The van der Waals surface area contributed by atoms with Crippen molar-refractivity contribution in [3.63, 3.8) is 0 Å². The van der Waals surface area contributed by atoms with Crippen LogP contribution in [0.2, 0.25) is 0 Å². The van der Waals surface area contributed by atoms with Gasteiger partial charge in [0.25, 0.3) is 0 Å². The molecule has 100 valence electrons. The van der Waals surface area contributed by atoms with Crippen molar-refractivity contribution in [2.45, 2.75) is 71.4 Å². The van der Waals surface area contributed by atoms with Gasteiger partial charge in [-0.3, -0.25) is 4.79 Å². The second-order valence-electron chi connectivity index (χ2n) is 6.09. The summed E-state index contributed by atoms with van der Waals surface area (Å²) in [5.74, 6) is 1.09. The van der Waals surface area contributed by atoms with Gasteiger partial charge in [0.05, 0.1) is 5.54 Å². The molecule has 1 amide bonds. The van der Waals surface area contributed by atoms with Crippen LogP contribution in [0, 0.1) is 11.8 Å². The molecule has 0 saturated heterocycles. The van der Waals surface area contributed by atoms with Crippen molar-refractivity contribution < 1.29 is 4.79 Å². The van der Waals surface area contributed by atoms with E-state index in [0.29, 0.717) is 11.8 Å². The number of carbonyl (C=O) groups excluding carboxylic acids is 1. The number of amides is 1. The molecule has 0 bridgehead atoms. The Morgan fingerprint density at radius 2 is 2.18 bits per heavy atom. The summed E-state index contributed by atoms with van der Waals surface area (Å²) in [6.07, 6.45) is 4.90. The number of nitrogens with one attached hydrogen (secondary N) is 1. The lowest BCUT2D eigenvalue weighted by molar-refractivity contribution is -0.129. The van der Waals surface area contributed by atoms with E-state index in [1.807, 2.05) is 0 Å². The molecule has 0 heterocycles. The molecule has 0 radical (unpaired) electrons. The van der Waals surface area contributed by atoms with Gasteiger partial charge in [-0.2, -0.15) is 0 Å². The van der Waals surface area contributed by atoms with E-state index >= 15 is 0 Å². The molecule has 1 aliphatic rings. The van der Waals surface area contributed by atoms with Gasteiger partial charge in [0.1, 0.15) is 0 Å². The molecule has 0 aromatic rings. The Morgan fingerprint density at radius 3 is 2.65 bits per heavy atom. The molecule has 3 unspecified atom stereocenters. The van der Waals surface area contributed by atoms with Crippen molar-refractivity contribution in [2.75, 3.05) is 0 Å². The lowest BCUT2D eigenvalue weighted by Gasteiger charge is -2.37. The van der Waals surface area contributed by atoms with Crippen molar-refractivity contribution in [3.8, 4) is 0 Å². The van der Waals surface area contributed by atoms with Gasteiger partial charge in [0, 0.05) is 6.04 Å². The van der Waals surface area contributed by atoms with Gasteiger partial charge in [-0.1, -0.05) is 40.5 Å². The molecule has 17 heavy (non-hydrogen) atoms. The van der Waals surface area contributed by atoms with Gasteiger partial charge in [0.15, 0.2) is 0 Å². The minimum absolute atomic E-state index is 0.0598. The van der Waals surface area contributed by atoms with Crippen LogP contribution in [-0.4, -0.2) is 17.5 Å². The molecule has 3 N–H and O–H groups in total. The van der Waals surface area contributed by atoms with E-state index in [1.54, 1.807) is 0 Å². The van der Waals surface area contributed by atoms with Crippen LogP contribution in [0.4, 0.5) is 0 Å². The average Bonchev–Trinajstić information content (AvgIpc) is 2.24. The second kappa shape index (κ2) is 5.85. The zero-order valence-electron chi connectivity index (χ0n) is 11.8. The molecule has 1 rings (SSSR count). The maximum absolute atomic E-state index is 12.3. The summed E-state index contributed by atoms with van der Waals surface area (Å²) < 4.78 is 0. The lowest BCUT2D eigenvalue weighted by atomic mass is 9.76. The van der Waals surface area contributed by atoms with E-state index in [-0.39, 0.29) is 11.9 Å². The van der Waals surface area contributed by atoms with Gasteiger partial charge < -0.3 is 11.1 Å². The predicted octanol–water partition coefficient (Wildman–Crippen LogP) is 2.44. The Labute approximate surface area is 106 Å². The Morgan fingerprint density at radius 1 is 1.53 bits per heavy atom. The first-order valence-electron chi connectivity index (χ1n) is 6.99. The van der Waals surface area contributed by atoms with Crippen LogP contribution >= 0.6 is 0 Å². The van der Waals surface area contributed by atoms with Crippen molar-refractivity contribution in [1.29, 1.82) is 0 Å². The Hall–Kier alpha value is -0.570. The Balaban J connectivity index is 2.62. The zero-order valence-corrected chi connectivity index (χ0v) is 11.8. The predicted molar refractivity (Wildman–Crippen MR) is 71.6 cm³/mol. The topological polar surface area (TPSA) is 55.1 Å². The van der Waals surface area contributed by atoms with Gasteiger partial charge >= 0.3 is 0 Å². The first-order chi connectivity index (χ1) is 7.89. The van der Waals surface area contributed by atoms with E-state index in [0.717, 1.165) is 25.7 Å². The maximum Gasteiger partial charge on any atom is 0.240 e. The van der Waals surface area contributed by atoms with Crippen LogP contribution in [-0.2, 0) is 4.79 Å². The molecule has 1 saturated carbocycles. The van der Waals surface area contributed by atoms with Crippen molar-refractivity contribution in [3.05, 3.63) is 0 Å². The quantitative estimate of drug-likeness (QED) is 0.793. The van der Waals surface area contributed by atoms with Gasteiger partial charge in [0.2, 0.25) is 5.91 Å². The highest BCUT2D eigenvalue weighted by Crippen LogP contribution is 2.30. The molecular weight excluding hydrogens is 212 g/mol. The zero-order chi connectivity index (χ0) is 13.1. The molecule has 3 nitrogen and oxygen atoms in total. The first-order valence-corrected chi connectivity index (χ1v) is 6.99. The van der Waals surface area contributed by atoms with Crippen molar-refractivity contribution in [2.24, 2.45) is 17.6 Å². The van der Waals surface area contributed by atoms with E-state index in [1.165, 1.54) is 6.42 Å². The first kappa shape index (κ1) is 14.5. The van der Waals surface area contributed by atoms with Crippen molar-refractivity contribution in [1.82, 2.24) is 5.32 Å². The number of carbonyl (C=O) groups is 1. The van der Waals surface area contributed by atoms with Crippen LogP contribution in [0.15, 0.2) is 0 Å². The van der Waals surface area contributed by atoms with Gasteiger partial charge in [-0.05, 0) is 31.1 Å². The molecule has 3 heteroatoms. The van der Waals surface area contributed by atoms with Crippen LogP contribution in [0.5, 0.6) is 0 Å². The molecule has 0 aliphatic heterocycles. The molecule has 0 aromatic carbocycles. The summed E-state index contributed by atoms with van der Waals surface area (Å²) in [4.78, 5) is 12.3. The monoisotopic (exact) mass is 240 g/mol. The van der Waals surface area contributed by atoms with Gasteiger partial charge in [-0.15, -0.1) is 0 Å². The average molecular weight is 240 g/mol. The number of hydrogen-bond acceptors (Lipinski definition) is 2. The highest BCUT2D eigenvalue weighted by Gasteiger charge is 2.38. The fourth-order valence-corrected chi connectivity index (χ4v) is 2.85. The fourth-order valence-electron chi connectivity index (χ4n) is 2.85. The summed E-state index contributed by atoms with van der Waals surface area (Å²) in [5, 5.41) is 3.13. The van der Waals surface area contributed by atoms with Crippen LogP contribution in [0.1, 0.15) is 59.8 Å². The molecule has 0 spiro atoms. The van der Waals surface area contributed by atoms with E-state index in [2.05, 4.69) is 33.0 Å². The van der Waals surface area contributed by atoms with Crippen LogP contribution < -0.4 is 11.1 Å². The summed E-state index contributed by atoms with van der Waals surface area (Å²) in [6.45, 7) is 8.58. The van der Waals surface area contributed by atoms with Crippen molar-refractivity contribution >= 4 is 5.91 Å². The highest BCUT2D eigenvalue weighted by atomic mass is 16.2. The molecule has 0 aromatic heterocycles. The summed E-state index contributed by atoms with van der Waals surface area (Å²) in [6, 6.07) is 0.250. The molecule has 1 fully saturated rings. The molecule has 3 atom stereocenters. The van der Waals surface area contributed by atoms with Crippen LogP contribution in [0.3, 0.4) is 0 Å². The fraction of sp³-hybridized carbons (Fsp3) is 0.929. The lowest BCUT2D eigenvalue weighted by Crippen LogP contribution is -2.58. The highest BCUT2D eigenvalue weighted by molar-refractivity contribution is 5.86. The second-order valence-corrected chi connectivity index (χ2v) is 6.09. The van der Waals surface area contributed by atoms with Crippen LogP contribution in [0.25, 0.3) is 0 Å². The summed E-state index contributed by atoms with van der Waals surface area (Å²) >= 11 is 0. The number of rotatable bonds is 4. The normalized spacial score (nSPS) is 31.3. The number of hydrogen-bond donors (Lipinski definition) is 2. The SMILES string of the molecule is CCC(NC(=O)C1(N)CCCC(C)C1)C(C)C. The maximum atomic E-state index is 12.3. The molecular formula is C14H28N2O. The number of nitrogens with two attached hydrogens (primary N) is 1. The van der Waals surface area contributed by atoms with Gasteiger partial charge in [-0.25, -0.2) is 0 Å². The minimum atomic E-state index is -0.625. The summed E-state index contributed by atoms with van der Waals surface area (Å²) in [5.41, 5.74) is 5.66. The van der Waals surface area contributed by atoms with E-state index in [4.69, 9.17) is 5.73 Å². The standard InChI is InChI=1S/C14H28N2O/c1-5-12(10(2)3)16-13(17)14(15)8-6-7-11(4)9-14/h10-12H,5-9,15H2,1-4H3,(H,16,17). The van der Waals surface area contributed by atoms with E-state index < -0.39 is 5.54 Å². The molecule has 1 aliphatic carbocycles. The largest absolute Gasteiger partial charge is 0.352 e. The smallest absolute Gasteiger partial charge is 0.240 e. The summed E-state index contributed by atoms with van der Waals surface area (Å²) in [7, 11) is 0. The van der Waals surface area contributed by atoms with E-state index in [9.17, 15) is 4.79 Å². The third-order valence-electron chi connectivity index (χ3n) is 4.05.